The normalized spacial score (nSPS) is 12.7. The Labute approximate surface area is 122 Å². The molecule has 3 heteroatoms. The maximum Gasteiger partial charge on any atom is 0.0625 e. The second-order valence-corrected chi connectivity index (χ2v) is 5.50. The van der Waals surface area contributed by atoms with Gasteiger partial charge in [-0.1, -0.05) is 25.1 Å². The third kappa shape index (κ3) is 3.10. The molecule has 20 heavy (non-hydrogen) atoms. The van der Waals surface area contributed by atoms with Crippen molar-refractivity contribution in [1.29, 1.82) is 0 Å². The highest BCUT2D eigenvalue weighted by molar-refractivity contribution is 5.31. The summed E-state index contributed by atoms with van der Waals surface area (Å²) in [6.07, 6.45) is 1.97. The molecule has 0 aliphatic carbocycles. The zero-order valence-corrected chi connectivity index (χ0v) is 13.2. The molecule has 1 aromatic heterocycles. The number of aromatic nitrogens is 2. The maximum absolute atomic E-state index is 4.55. The summed E-state index contributed by atoms with van der Waals surface area (Å²) in [4.78, 5) is 0. The molecule has 2 rings (SSSR count). The number of hydrogen-bond acceptors (Lipinski definition) is 2. The Balaban J connectivity index is 2.23. The van der Waals surface area contributed by atoms with Gasteiger partial charge >= 0.3 is 0 Å². The average molecular weight is 271 g/mol. The van der Waals surface area contributed by atoms with Crippen molar-refractivity contribution in [3.63, 3.8) is 0 Å². The second kappa shape index (κ2) is 6.23. The van der Waals surface area contributed by atoms with Crippen LogP contribution >= 0.6 is 0 Å². The smallest absolute Gasteiger partial charge is 0.0625 e. The molecular weight excluding hydrogens is 246 g/mol. The van der Waals surface area contributed by atoms with Crippen molar-refractivity contribution in [2.45, 2.75) is 39.7 Å². The lowest BCUT2D eigenvalue weighted by molar-refractivity contribution is 0.536. The molecule has 0 aliphatic rings. The number of nitrogens with zero attached hydrogens (tertiary/aromatic N) is 2. The molecule has 0 radical (unpaired) electrons. The standard InChI is InChI=1S/C17H25N3/c1-6-15-11-17(20(5)19-15)16(18-4)10-14-8-7-12(2)13(3)9-14/h7-9,11,16,18H,6,10H2,1-5H3. The first kappa shape index (κ1) is 14.8. The molecule has 2 aromatic rings. The Bertz CT molecular complexity index is 584. The molecule has 0 amide bonds. The third-order valence-electron chi connectivity index (χ3n) is 4.05. The SMILES string of the molecule is CCc1cc(C(Cc2ccc(C)c(C)c2)NC)n(C)n1. The Morgan fingerprint density at radius 1 is 1.20 bits per heavy atom. The van der Waals surface area contributed by atoms with Crippen LogP contribution in [0, 0.1) is 13.8 Å². The van der Waals surface area contributed by atoms with Crippen molar-refractivity contribution in [3.8, 4) is 0 Å². The number of aryl methyl sites for hydroxylation is 4. The van der Waals surface area contributed by atoms with Crippen LogP contribution in [-0.2, 0) is 19.9 Å². The summed E-state index contributed by atoms with van der Waals surface area (Å²) in [5.41, 5.74) is 6.48. The molecule has 0 fully saturated rings. The number of hydrogen-bond donors (Lipinski definition) is 1. The van der Waals surface area contributed by atoms with Gasteiger partial charge in [-0.2, -0.15) is 5.10 Å². The molecule has 108 valence electrons. The molecule has 1 atom stereocenters. The summed E-state index contributed by atoms with van der Waals surface area (Å²) < 4.78 is 2.00. The minimum Gasteiger partial charge on any atom is -0.311 e. The van der Waals surface area contributed by atoms with Gasteiger partial charge in [0.2, 0.25) is 0 Å². The highest BCUT2D eigenvalue weighted by Gasteiger charge is 2.15. The van der Waals surface area contributed by atoms with Crippen molar-refractivity contribution in [2.24, 2.45) is 7.05 Å². The lowest BCUT2D eigenvalue weighted by atomic mass is 9.99. The topological polar surface area (TPSA) is 29.9 Å². The highest BCUT2D eigenvalue weighted by Crippen LogP contribution is 2.20. The van der Waals surface area contributed by atoms with Crippen LogP contribution in [0.25, 0.3) is 0 Å². The van der Waals surface area contributed by atoms with Crippen molar-refractivity contribution >= 4 is 0 Å². The van der Waals surface area contributed by atoms with E-state index in [1.54, 1.807) is 0 Å². The third-order valence-corrected chi connectivity index (χ3v) is 4.05. The van der Waals surface area contributed by atoms with E-state index in [1.807, 2.05) is 18.8 Å². The van der Waals surface area contributed by atoms with Gasteiger partial charge in [-0.15, -0.1) is 0 Å². The van der Waals surface area contributed by atoms with Crippen LogP contribution in [0.15, 0.2) is 24.3 Å². The van der Waals surface area contributed by atoms with Crippen LogP contribution in [0.1, 0.15) is 41.0 Å². The molecule has 3 nitrogen and oxygen atoms in total. The van der Waals surface area contributed by atoms with Crippen LogP contribution in [0.4, 0.5) is 0 Å². The molecule has 1 N–H and O–H groups in total. The summed E-state index contributed by atoms with van der Waals surface area (Å²) in [6.45, 7) is 6.47. The monoisotopic (exact) mass is 271 g/mol. The summed E-state index contributed by atoms with van der Waals surface area (Å²) in [7, 11) is 4.05. The predicted molar refractivity (Wildman–Crippen MR) is 84.0 cm³/mol. The maximum atomic E-state index is 4.55. The van der Waals surface area contributed by atoms with E-state index in [4.69, 9.17) is 0 Å². The largest absolute Gasteiger partial charge is 0.311 e. The predicted octanol–water partition coefficient (Wildman–Crippen LogP) is 3.10. The van der Waals surface area contributed by atoms with E-state index >= 15 is 0 Å². The minimum atomic E-state index is 0.301. The second-order valence-electron chi connectivity index (χ2n) is 5.50. The van der Waals surface area contributed by atoms with Gasteiger partial charge in [0.25, 0.3) is 0 Å². The van der Waals surface area contributed by atoms with Crippen LogP contribution in [0.2, 0.25) is 0 Å². The Hall–Kier alpha value is -1.61. The van der Waals surface area contributed by atoms with Crippen molar-refractivity contribution in [2.75, 3.05) is 7.05 Å². The van der Waals surface area contributed by atoms with Gasteiger partial charge in [-0.25, -0.2) is 0 Å². The minimum absolute atomic E-state index is 0.301. The van der Waals surface area contributed by atoms with Crippen molar-refractivity contribution in [3.05, 3.63) is 52.3 Å². The van der Waals surface area contributed by atoms with Crippen LogP contribution in [0.5, 0.6) is 0 Å². The molecule has 1 heterocycles. The van der Waals surface area contributed by atoms with E-state index < -0.39 is 0 Å². The average Bonchev–Trinajstić information content (AvgIpc) is 2.81. The van der Waals surface area contributed by atoms with Gasteiger partial charge in [0, 0.05) is 7.05 Å². The lowest BCUT2D eigenvalue weighted by Crippen LogP contribution is -2.21. The quantitative estimate of drug-likeness (QED) is 0.905. The number of benzene rings is 1. The van der Waals surface area contributed by atoms with E-state index in [2.05, 4.69) is 55.5 Å². The van der Waals surface area contributed by atoms with Gasteiger partial charge in [0.15, 0.2) is 0 Å². The molecular formula is C17H25N3. The van der Waals surface area contributed by atoms with Crippen LogP contribution in [-0.4, -0.2) is 16.8 Å². The van der Waals surface area contributed by atoms with Gasteiger partial charge in [-0.05, 0) is 56.5 Å². The summed E-state index contributed by atoms with van der Waals surface area (Å²) >= 11 is 0. The lowest BCUT2D eigenvalue weighted by Gasteiger charge is -2.17. The van der Waals surface area contributed by atoms with E-state index in [0.717, 1.165) is 18.5 Å². The number of nitrogens with one attached hydrogen (secondary N) is 1. The fourth-order valence-corrected chi connectivity index (χ4v) is 2.56. The van der Waals surface area contributed by atoms with Gasteiger partial charge in [-0.3, -0.25) is 4.68 Å². The van der Waals surface area contributed by atoms with E-state index in [9.17, 15) is 0 Å². The fourth-order valence-electron chi connectivity index (χ4n) is 2.56. The Morgan fingerprint density at radius 3 is 2.50 bits per heavy atom. The molecule has 0 saturated carbocycles. The Kier molecular flexibility index (Phi) is 4.61. The van der Waals surface area contributed by atoms with Gasteiger partial charge < -0.3 is 5.32 Å². The molecule has 1 aromatic carbocycles. The van der Waals surface area contributed by atoms with Gasteiger partial charge in [0.1, 0.15) is 0 Å². The van der Waals surface area contributed by atoms with Crippen molar-refractivity contribution < 1.29 is 0 Å². The molecule has 0 spiro atoms. The Morgan fingerprint density at radius 2 is 1.95 bits per heavy atom. The first-order valence-corrected chi connectivity index (χ1v) is 7.31. The van der Waals surface area contributed by atoms with Crippen molar-refractivity contribution in [1.82, 2.24) is 15.1 Å². The van der Waals surface area contributed by atoms with Crippen LogP contribution < -0.4 is 5.32 Å². The van der Waals surface area contributed by atoms with E-state index in [1.165, 1.54) is 22.4 Å². The van der Waals surface area contributed by atoms with Crippen LogP contribution in [0.3, 0.4) is 0 Å². The summed E-state index contributed by atoms with van der Waals surface area (Å²) in [5.74, 6) is 0. The van der Waals surface area contributed by atoms with E-state index in [-0.39, 0.29) is 0 Å². The molecule has 0 aliphatic heterocycles. The van der Waals surface area contributed by atoms with E-state index in [0.29, 0.717) is 6.04 Å². The first-order chi connectivity index (χ1) is 9.55. The summed E-state index contributed by atoms with van der Waals surface area (Å²) in [5, 5.41) is 7.97. The molecule has 1 unspecified atom stereocenters. The highest BCUT2D eigenvalue weighted by atomic mass is 15.3. The zero-order valence-electron chi connectivity index (χ0n) is 13.2. The van der Waals surface area contributed by atoms with Gasteiger partial charge in [0.05, 0.1) is 17.4 Å². The fraction of sp³-hybridized carbons (Fsp3) is 0.471. The number of rotatable bonds is 5. The zero-order chi connectivity index (χ0) is 14.7. The molecule has 0 bridgehead atoms. The molecule has 0 saturated heterocycles. The summed E-state index contributed by atoms with van der Waals surface area (Å²) in [6, 6.07) is 9.23. The number of likely N-dealkylation sites (N-methyl/N-ethyl adjacent to an activating group) is 1. The first-order valence-electron chi connectivity index (χ1n) is 7.31.